The van der Waals surface area contributed by atoms with Gasteiger partial charge in [-0.15, -0.1) is 24.0 Å². The van der Waals surface area contributed by atoms with Gasteiger partial charge in [0.2, 0.25) is 5.91 Å². The molecular weight excluding hydrogens is 501 g/mol. The molecule has 0 bridgehead atoms. The van der Waals surface area contributed by atoms with Crippen LogP contribution in [0.5, 0.6) is 0 Å². The number of nitrogens with one attached hydrogen (secondary N) is 2. The van der Waals surface area contributed by atoms with Gasteiger partial charge in [0.25, 0.3) is 0 Å². The van der Waals surface area contributed by atoms with Crippen LogP contribution in [0.1, 0.15) is 58.3 Å². The third-order valence-electron chi connectivity index (χ3n) is 6.03. The van der Waals surface area contributed by atoms with Crippen molar-refractivity contribution in [3.05, 3.63) is 0 Å². The molecule has 0 aromatic carbocycles. The van der Waals surface area contributed by atoms with Crippen molar-refractivity contribution >= 4 is 46.6 Å². The Labute approximate surface area is 195 Å². The Morgan fingerprint density at radius 2 is 1.93 bits per heavy atom. The molecule has 3 atom stereocenters. The van der Waals surface area contributed by atoms with E-state index < -0.39 is 10.8 Å². The number of amides is 1. The van der Waals surface area contributed by atoms with Gasteiger partial charge in [-0.25, -0.2) is 0 Å². The largest absolute Gasteiger partial charge is 0.369 e. The van der Waals surface area contributed by atoms with E-state index in [1.807, 2.05) is 14.0 Å². The van der Waals surface area contributed by atoms with E-state index in [-0.39, 0.29) is 35.8 Å². The summed E-state index contributed by atoms with van der Waals surface area (Å²) < 4.78 is 12.1. The van der Waals surface area contributed by atoms with Crippen molar-refractivity contribution in [3.63, 3.8) is 0 Å². The standard InChI is InChI=1S/C20H39N5O2S.HI/c1-3-28(27)18-8-6-7-17(15-18)24-20(22-2)23-11-4-5-12-25-13-9-16(10-14-25)19(21)26;/h16-18H,3-15H2,1-2H3,(H2,21,26)(H2,22,23,24);1H. The van der Waals surface area contributed by atoms with E-state index in [1.165, 1.54) is 0 Å². The maximum atomic E-state index is 12.1. The predicted molar refractivity (Wildman–Crippen MR) is 132 cm³/mol. The summed E-state index contributed by atoms with van der Waals surface area (Å²) in [6.45, 7) is 5.94. The lowest BCUT2D eigenvalue weighted by Gasteiger charge is -2.30. The minimum atomic E-state index is -0.697. The monoisotopic (exact) mass is 541 g/mol. The number of rotatable bonds is 9. The number of piperidine rings is 1. The fourth-order valence-electron chi connectivity index (χ4n) is 4.25. The molecule has 9 heteroatoms. The zero-order valence-corrected chi connectivity index (χ0v) is 21.2. The number of hydrogen-bond donors (Lipinski definition) is 3. The van der Waals surface area contributed by atoms with Crippen LogP contribution in [0, 0.1) is 5.92 Å². The number of aliphatic imine (C=N–C) groups is 1. The number of guanidine groups is 1. The van der Waals surface area contributed by atoms with Crippen LogP contribution in [0.25, 0.3) is 0 Å². The van der Waals surface area contributed by atoms with Crippen LogP contribution < -0.4 is 16.4 Å². The minimum absolute atomic E-state index is 0. The first-order valence-corrected chi connectivity index (χ1v) is 12.3. The summed E-state index contributed by atoms with van der Waals surface area (Å²) >= 11 is 0. The van der Waals surface area contributed by atoms with Crippen molar-refractivity contribution < 1.29 is 9.00 Å². The van der Waals surface area contributed by atoms with E-state index >= 15 is 0 Å². The zero-order chi connectivity index (χ0) is 20.4. The number of nitrogens with zero attached hydrogens (tertiary/aromatic N) is 2. The van der Waals surface area contributed by atoms with Crippen LogP contribution in [-0.2, 0) is 15.6 Å². The van der Waals surface area contributed by atoms with E-state index in [4.69, 9.17) is 5.73 Å². The Bertz CT molecular complexity index is 541. The molecule has 29 heavy (non-hydrogen) atoms. The molecule has 1 aliphatic heterocycles. The lowest BCUT2D eigenvalue weighted by Crippen LogP contribution is -2.46. The average Bonchev–Trinajstić information content (AvgIpc) is 2.72. The topological polar surface area (TPSA) is 99.8 Å². The maximum Gasteiger partial charge on any atom is 0.220 e. The van der Waals surface area contributed by atoms with Gasteiger partial charge in [0.05, 0.1) is 0 Å². The lowest BCUT2D eigenvalue weighted by atomic mass is 9.95. The van der Waals surface area contributed by atoms with Gasteiger partial charge in [0.15, 0.2) is 5.96 Å². The normalized spacial score (nSPS) is 25.1. The summed E-state index contributed by atoms with van der Waals surface area (Å²) in [5.74, 6) is 1.54. The van der Waals surface area contributed by atoms with Crippen molar-refractivity contribution in [2.75, 3.05) is 39.0 Å². The highest BCUT2D eigenvalue weighted by Gasteiger charge is 2.26. The van der Waals surface area contributed by atoms with Crippen molar-refractivity contribution in [3.8, 4) is 0 Å². The summed E-state index contributed by atoms with van der Waals surface area (Å²) in [5, 5.41) is 7.27. The molecule has 1 amide bonds. The molecular formula is C20H40IN5O2S. The third-order valence-corrected chi connectivity index (χ3v) is 7.77. The van der Waals surface area contributed by atoms with Gasteiger partial charge < -0.3 is 21.3 Å². The molecule has 4 N–H and O–H groups in total. The average molecular weight is 542 g/mol. The van der Waals surface area contributed by atoms with Gasteiger partial charge in [-0.2, -0.15) is 0 Å². The summed E-state index contributed by atoms with van der Waals surface area (Å²) in [7, 11) is 1.11. The fourth-order valence-corrected chi connectivity index (χ4v) is 5.59. The zero-order valence-electron chi connectivity index (χ0n) is 18.0. The second-order valence-corrected chi connectivity index (χ2v) is 10.0. The minimum Gasteiger partial charge on any atom is -0.369 e. The molecule has 3 unspecified atom stereocenters. The van der Waals surface area contributed by atoms with Crippen LogP contribution in [0.15, 0.2) is 4.99 Å². The lowest BCUT2D eigenvalue weighted by molar-refractivity contribution is -0.123. The van der Waals surface area contributed by atoms with Crippen LogP contribution in [-0.4, -0.2) is 71.2 Å². The second kappa shape index (κ2) is 14.6. The number of likely N-dealkylation sites (tertiary alicyclic amines) is 1. The summed E-state index contributed by atoms with van der Waals surface area (Å²) in [6, 6.07) is 0.368. The quantitative estimate of drug-likeness (QED) is 0.179. The number of unbranched alkanes of at least 4 members (excludes halogenated alkanes) is 1. The molecule has 170 valence electrons. The van der Waals surface area contributed by atoms with Crippen molar-refractivity contribution in [2.45, 2.75) is 69.6 Å². The SMILES string of the molecule is CCS(=O)C1CCCC(NC(=NC)NCCCCN2CCC(C(N)=O)CC2)C1.I. The molecule has 7 nitrogen and oxygen atoms in total. The second-order valence-electron chi connectivity index (χ2n) is 8.02. The molecule has 0 aromatic rings. The Kier molecular flexibility index (Phi) is 13.4. The van der Waals surface area contributed by atoms with Crippen molar-refractivity contribution in [2.24, 2.45) is 16.6 Å². The number of halogens is 1. The van der Waals surface area contributed by atoms with Crippen molar-refractivity contribution in [1.82, 2.24) is 15.5 Å². The van der Waals surface area contributed by atoms with Gasteiger partial charge >= 0.3 is 0 Å². The van der Waals surface area contributed by atoms with E-state index in [1.54, 1.807) is 0 Å². The van der Waals surface area contributed by atoms with E-state index in [0.29, 0.717) is 11.3 Å². The number of nitrogens with two attached hydrogens (primary N) is 1. The van der Waals surface area contributed by atoms with Crippen molar-refractivity contribution in [1.29, 1.82) is 0 Å². The molecule has 1 saturated heterocycles. The van der Waals surface area contributed by atoms with Crippen LogP contribution >= 0.6 is 24.0 Å². The Morgan fingerprint density at radius 1 is 1.21 bits per heavy atom. The molecule has 1 heterocycles. The van der Waals surface area contributed by atoms with E-state index in [0.717, 1.165) is 89.3 Å². The Hall–Kier alpha value is -0.420. The maximum absolute atomic E-state index is 12.1. The number of carbonyl (C=O) groups is 1. The molecule has 1 saturated carbocycles. The molecule has 0 spiro atoms. The summed E-state index contributed by atoms with van der Waals surface area (Å²) in [4.78, 5) is 18.0. The van der Waals surface area contributed by atoms with Gasteiger partial charge in [0, 0.05) is 47.4 Å². The van der Waals surface area contributed by atoms with Gasteiger partial charge in [-0.05, 0) is 64.6 Å². The molecule has 0 aromatic heterocycles. The summed E-state index contributed by atoms with van der Waals surface area (Å²) in [6.07, 6.45) is 8.33. The highest BCUT2D eigenvalue weighted by Crippen LogP contribution is 2.23. The molecule has 2 fully saturated rings. The Morgan fingerprint density at radius 3 is 2.55 bits per heavy atom. The molecule has 2 aliphatic rings. The number of carbonyl (C=O) groups excluding carboxylic acids is 1. The first-order valence-electron chi connectivity index (χ1n) is 10.9. The van der Waals surface area contributed by atoms with Gasteiger partial charge in [-0.1, -0.05) is 13.3 Å². The van der Waals surface area contributed by atoms with Gasteiger partial charge in [0.1, 0.15) is 0 Å². The first-order chi connectivity index (χ1) is 13.5. The smallest absolute Gasteiger partial charge is 0.220 e. The van der Waals surface area contributed by atoms with E-state index in [9.17, 15) is 9.00 Å². The predicted octanol–water partition coefficient (Wildman–Crippen LogP) is 1.83. The molecule has 1 aliphatic carbocycles. The van der Waals surface area contributed by atoms with Gasteiger partial charge in [-0.3, -0.25) is 14.0 Å². The highest BCUT2D eigenvalue weighted by atomic mass is 127. The van der Waals surface area contributed by atoms with E-state index in [2.05, 4.69) is 20.5 Å². The Balaban J connectivity index is 0.00000420. The highest BCUT2D eigenvalue weighted by molar-refractivity contribution is 14.0. The fraction of sp³-hybridized carbons (Fsp3) is 0.900. The molecule has 0 radical (unpaired) electrons. The first kappa shape index (κ1) is 26.6. The van der Waals surface area contributed by atoms with Crippen LogP contribution in [0.3, 0.4) is 0 Å². The number of primary amides is 1. The summed E-state index contributed by atoms with van der Waals surface area (Å²) in [5.41, 5.74) is 5.39. The number of hydrogen-bond acceptors (Lipinski definition) is 4. The third kappa shape index (κ3) is 9.50. The van der Waals surface area contributed by atoms with Crippen LogP contribution in [0.4, 0.5) is 0 Å². The molecule has 2 rings (SSSR count). The van der Waals surface area contributed by atoms with Crippen LogP contribution in [0.2, 0.25) is 0 Å².